The van der Waals surface area contributed by atoms with Crippen LogP contribution in [0.4, 0.5) is 0 Å². The molecule has 5 heteroatoms. The summed E-state index contributed by atoms with van der Waals surface area (Å²) in [6.07, 6.45) is 0. The molecule has 5 rings (SSSR count). The maximum absolute atomic E-state index is 12.5. The first-order valence-electron chi connectivity index (χ1n) is 10.9. The van der Waals surface area contributed by atoms with Crippen LogP contribution in [0.25, 0.3) is 22.1 Å². The fourth-order valence-corrected chi connectivity index (χ4v) is 4.52. The van der Waals surface area contributed by atoms with E-state index in [0.29, 0.717) is 18.2 Å². The van der Waals surface area contributed by atoms with Gasteiger partial charge in [-0.1, -0.05) is 49.4 Å². The summed E-state index contributed by atoms with van der Waals surface area (Å²) in [5, 5.41) is 0.912. The molecular weight excluding hydrogens is 402 g/mol. The van der Waals surface area contributed by atoms with Gasteiger partial charge in [-0.15, -0.1) is 0 Å². The van der Waals surface area contributed by atoms with Gasteiger partial charge in [0.25, 0.3) is 0 Å². The zero-order valence-electron chi connectivity index (χ0n) is 18.3. The Hall–Kier alpha value is -3.57. The third-order valence-electron chi connectivity index (χ3n) is 6.20. The van der Waals surface area contributed by atoms with Crippen molar-refractivity contribution in [2.75, 3.05) is 20.4 Å². The summed E-state index contributed by atoms with van der Waals surface area (Å²) in [4.78, 5) is 13.8. The van der Waals surface area contributed by atoms with Crippen molar-refractivity contribution >= 4 is 11.0 Å². The number of ether oxygens (including phenoxy) is 2. The van der Waals surface area contributed by atoms with E-state index in [2.05, 4.69) is 31.2 Å². The average Bonchev–Trinajstić information content (AvgIpc) is 2.84. The first-order valence-corrected chi connectivity index (χ1v) is 10.9. The number of quaternary nitrogens is 1. The summed E-state index contributed by atoms with van der Waals surface area (Å²) in [5.74, 6) is 1.97. The van der Waals surface area contributed by atoms with Gasteiger partial charge in [0.05, 0.1) is 19.2 Å². The molecule has 0 aliphatic carbocycles. The Balaban J connectivity index is 1.51. The lowest BCUT2D eigenvalue weighted by Gasteiger charge is -2.28. The van der Waals surface area contributed by atoms with E-state index in [0.717, 1.165) is 46.7 Å². The Bertz CT molecular complexity index is 1300. The van der Waals surface area contributed by atoms with Gasteiger partial charge in [0, 0.05) is 17.4 Å². The largest absolute Gasteiger partial charge is 0.497 e. The van der Waals surface area contributed by atoms with Gasteiger partial charge >= 0.3 is 5.63 Å². The Morgan fingerprint density at radius 1 is 1.03 bits per heavy atom. The lowest BCUT2D eigenvalue weighted by atomic mass is 9.98. The van der Waals surface area contributed by atoms with E-state index < -0.39 is 0 Å². The predicted octanol–water partition coefficient (Wildman–Crippen LogP) is 4.01. The molecular formula is C27H26NO4+. The van der Waals surface area contributed by atoms with E-state index in [4.69, 9.17) is 13.9 Å². The van der Waals surface area contributed by atoms with Crippen LogP contribution in [-0.4, -0.2) is 20.4 Å². The maximum atomic E-state index is 12.5. The fourth-order valence-electron chi connectivity index (χ4n) is 4.52. The second-order valence-electron chi connectivity index (χ2n) is 8.36. The molecule has 5 nitrogen and oxygen atoms in total. The maximum Gasteiger partial charge on any atom is 0.336 e. The van der Waals surface area contributed by atoms with Crippen LogP contribution in [0.1, 0.15) is 24.0 Å². The third-order valence-corrected chi connectivity index (χ3v) is 6.20. The van der Waals surface area contributed by atoms with Crippen LogP contribution in [0.15, 0.2) is 82.0 Å². The van der Waals surface area contributed by atoms with E-state index in [1.54, 1.807) is 13.2 Å². The number of fused-ring (bicyclic) bond motifs is 3. The second kappa shape index (κ2) is 8.52. The van der Waals surface area contributed by atoms with Crippen molar-refractivity contribution in [1.29, 1.82) is 0 Å². The Morgan fingerprint density at radius 2 is 1.81 bits per heavy atom. The van der Waals surface area contributed by atoms with Gasteiger partial charge < -0.3 is 13.9 Å². The smallest absolute Gasteiger partial charge is 0.336 e. The van der Waals surface area contributed by atoms with Gasteiger partial charge in [-0.05, 0) is 41.0 Å². The third kappa shape index (κ3) is 3.87. The van der Waals surface area contributed by atoms with Crippen molar-refractivity contribution in [3.63, 3.8) is 0 Å². The van der Waals surface area contributed by atoms with Gasteiger partial charge in [0.2, 0.25) is 6.73 Å². The van der Waals surface area contributed by atoms with E-state index in [1.165, 1.54) is 10.5 Å². The molecule has 1 unspecified atom stereocenters. The van der Waals surface area contributed by atoms with Crippen molar-refractivity contribution in [1.82, 2.24) is 0 Å². The summed E-state index contributed by atoms with van der Waals surface area (Å²) in [7, 11) is 1.64. The lowest BCUT2D eigenvalue weighted by Crippen LogP contribution is -3.12. The molecule has 32 heavy (non-hydrogen) atoms. The molecule has 0 bridgehead atoms. The number of methoxy groups -OCH3 is 1. The summed E-state index contributed by atoms with van der Waals surface area (Å²) in [6, 6.07) is 23.8. The van der Waals surface area contributed by atoms with Crippen LogP contribution in [0.3, 0.4) is 0 Å². The first-order chi connectivity index (χ1) is 15.6. The number of rotatable bonds is 5. The molecule has 1 aliphatic heterocycles. The van der Waals surface area contributed by atoms with Crippen LogP contribution in [0.5, 0.6) is 11.5 Å². The van der Waals surface area contributed by atoms with Crippen LogP contribution >= 0.6 is 0 Å². The van der Waals surface area contributed by atoms with Crippen LogP contribution in [0.2, 0.25) is 0 Å². The minimum atomic E-state index is -0.360. The zero-order chi connectivity index (χ0) is 22.1. The highest BCUT2D eigenvalue weighted by molar-refractivity contribution is 5.95. The molecule has 0 fully saturated rings. The van der Waals surface area contributed by atoms with Gasteiger partial charge in [0.1, 0.15) is 18.0 Å². The minimum Gasteiger partial charge on any atom is -0.497 e. The number of hydrogen-bond donors (Lipinski definition) is 1. The molecule has 3 aromatic carbocycles. The van der Waals surface area contributed by atoms with E-state index in [1.807, 2.05) is 42.5 Å². The van der Waals surface area contributed by atoms with Crippen LogP contribution < -0.4 is 20.0 Å². The highest BCUT2D eigenvalue weighted by Crippen LogP contribution is 2.34. The molecule has 1 N–H and O–H groups in total. The van der Waals surface area contributed by atoms with Crippen molar-refractivity contribution in [3.8, 4) is 22.6 Å². The number of nitrogens with one attached hydrogen (secondary N) is 1. The first kappa shape index (κ1) is 20.3. The van der Waals surface area contributed by atoms with E-state index in [-0.39, 0.29) is 5.63 Å². The second-order valence-corrected chi connectivity index (χ2v) is 8.36. The summed E-state index contributed by atoms with van der Waals surface area (Å²) in [5.41, 5.74) is 4.33. The summed E-state index contributed by atoms with van der Waals surface area (Å²) < 4.78 is 17.1. The molecule has 2 atom stereocenters. The Morgan fingerprint density at radius 3 is 2.56 bits per heavy atom. The Kier molecular flexibility index (Phi) is 5.41. The molecule has 2 heterocycles. The van der Waals surface area contributed by atoms with E-state index >= 15 is 0 Å². The molecule has 0 radical (unpaired) electrons. The predicted molar refractivity (Wildman–Crippen MR) is 124 cm³/mol. The van der Waals surface area contributed by atoms with Gasteiger partial charge in [-0.25, -0.2) is 4.79 Å². The summed E-state index contributed by atoms with van der Waals surface area (Å²) >= 11 is 0. The highest BCUT2D eigenvalue weighted by Gasteiger charge is 2.26. The van der Waals surface area contributed by atoms with E-state index in [9.17, 15) is 4.79 Å². The topological polar surface area (TPSA) is 53.1 Å². The van der Waals surface area contributed by atoms with Crippen LogP contribution in [0, 0.1) is 0 Å². The van der Waals surface area contributed by atoms with Crippen LogP contribution in [-0.2, 0) is 6.54 Å². The average molecular weight is 429 g/mol. The summed E-state index contributed by atoms with van der Waals surface area (Å²) in [6.45, 7) is 4.52. The highest BCUT2D eigenvalue weighted by atomic mass is 16.5. The van der Waals surface area contributed by atoms with Gasteiger partial charge in [0.15, 0.2) is 5.58 Å². The fraction of sp³-hybridized carbons (Fsp3) is 0.222. The molecule has 1 aromatic heterocycles. The number of benzene rings is 3. The van der Waals surface area contributed by atoms with Gasteiger partial charge in [-0.3, -0.25) is 4.90 Å². The zero-order valence-corrected chi connectivity index (χ0v) is 18.3. The molecule has 1 aliphatic rings. The Labute approximate surface area is 186 Å². The van der Waals surface area contributed by atoms with Crippen molar-refractivity contribution in [2.24, 2.45) is 0 Å². The van der Waals surface area contributed by atoms with Gasteiger partial charge in [-0.2, -0.15) is 0 Å². The van der Waals surface area contributed by atoms with Crippen molar-refractivity contribution in [2.45, 2.75) is 19.4 Å². The monoisotopic (exact) mass is 428 g/mol. The number of hydrogen-bond acceptors (Lipinski definition) is 4. The lowest BCUT2D eigenvalue weighted by molar-refractivity contribution is -0.933. The molecule has 0 amide bonds. The molecule has 0 saturated carbocycles. The molecule has 162 valence electrons. The normalized spacial score (nSPS) is 16.2. The standard InChI is InChI=1S/C27H25NO4/c1-18(19-6-4-3-5-7-19)15-28-16-24-25(31-17-28)13-12-22-23(14-26(29)32-27(22)24)20-8-10-21(30-2)11-9-20/h3-14,18H,15-17H2,1-2H3/p+1/t18-/m0/s1. The molecule has 4 aromatic rings. The van der Waals surface area contributed by atoms with Crippen molar-refractivity contribution in [3.05, 3.63) is 94.3 Å². The SMILES string of the molecule is COc1ccc(-c2cc(=O)oc3c4c(ccc23)OC[NH+](C[C@H](C)c2ccccc2)C4)cc1. The molecule has 0 saturated heterocycles. The minimum absolute atomic E-state index is 0.360. The quantitative estimate of drug-likeness (QED) is 0.488. The molecule has 0 spiro atoms. The van der Waals surface area contributed by atoms with Crippen molar-refractivity contribution < 1.29 is 18.8 Å².